The van der Waals surface area contributed by atoms with Crippen molar-refractivity contribution in [1.82, 2.24) is 5.06 Å². The molecule has 1 aliphatic rings. The summed E-state index contributed by atoms with van der Waals surface area (Å²) in [6.45, 7) is -0.183. The molecule has 0 aromatic heterocycles. The van der Waals surface area contributed by atoms with Crippen LogP contribution in [0.5, 0.6) is 5.75 Å². The normalized spacial score (nSPS) is 15.8. The number of hydrogen-bond acceptors (Lipinski definition) is 7. The molecule has 2 amide bonds. The fourth-order valence-electron chi connectivity index (χ4n) is 1.91. The van der Waals surface area contributed by atoms with Crippen LogP contribution in [0.25, 0.3) is 0 Å². The summed E-state index contributed by atoms with van der Waals surface area (Å²) in [6, 6.07) is 6.18. The number of carbonyl (C=O) groups is 3. The third-order valence-electron chi connectivity index (χ3n) is 3.07. The molecule has 1 saturated heterocycles. The first-order chi connectivity index (χ1) is 10.5. The highest BCUT2D eigenvalue weighted by atomic mass is 16.8. The van der Waals surface area contributed by atoms with E-state index >= 15 is 0 Å². The first-order valence-corrected chi connectivity index (χ1v) is 6.54. The van der Waals surface area contributed by atoms with Crippen molar-refractivity contribution in [2.24, 2.45) is 0 Å². The second-order valence-electron chi connectivity index (χ2n) is 4.50. The van der Waals surface area contributed by atoms with Crippen molar-refractivity contribution in [3.05, 3.63) is 29.8 Å². The standard InChI is InChI=1S/C14H15NO7/c1-20-11(8-16)9-2-4-10(5-3-9)21-14(19)22-15-12(17)6-7-13(15)18/h2-5,11,16H,6-8H2,1H3. The van der Waals surface area contributed by atoms with Crippen LogP contribution in [0.4, 0.5) is 4.79 Å². The van der Waals surface area contributed by atoms with Gasteiger partial charge < -0.3 is 14.6 Å². The fraction of sp³-hybridized carbons (Fsp3) is 0.357. The molecule has 1 atom stereocenters. The maximum Gasteiger partial charge on any atom is 0.539 e. The van der Waals surface area contributed by atoms with E-state index in [2.05, 4.69) is 4.84 Å². The molecule has 8 heteroatoms. The molecule has 1 N–H and O–H groups in total. The Labute approximate surface area is 126 Å². The highest BCUT2D eigenvalue weighted by Crippen LogP contribution is 2.20. The summed E-state index contributed by atoms with van der Waals surface area (Å²) in [5.74, 6) is -0.994. The molecule has 1 aromatic rings. The maximum absolute atomic E-state index is 11.5. The number of carbonyl (C=O) groups excluding carboxylic acids is 3. The molecule has 1 aromatic carbocycles. The number of hydrogen-bond donors (Lipinski definition) is 1. The second kappa shape index (κ2) is 7.01. The number of aliphatic hydroxyl groups excluding tert-OH is 1. The topological polar surface area (TPSA) is 102 Å². The lowest BCUT2D eigenvalue weighted by atomic mass is 10.1. The molecule has 118 valence electrons. The van der Waals surface area contributed by atoms with Crippen LogP contribution in [-0.2, 0) is 19.2 Å². The zero-order chi connectivity index (χ0) is 16.1. The van der Waals surface area contributed by atoms with E-state index in [1.807, 2.05) is 0 Å². The highest BCUT2D eigenvalue weighted by molar-refractivity contribution is 6.01. The van der Waals surface area contributed by atoms with E-state index in [1.54, 1.807) is 12.1 Å². The summed E-state index contributed by atoms with van der Waals surface area (Å²) < 4.78 is 9.92. The third-order valence-corrected chi connectivity index (χ3v) is 3.07. The number of hydroxylamine groups is 2. The van der Waals surface area contributed by atoms with Gasteiger partial charge in [-0.05, 0) is 17.7 Å². The Hall–Kier alpha value is -2.45. The minimum atomic E-state index is -1.18. The summed E-state index contributed by atoms with van der Waals surface area (Å²) in [6.07, 6.45) is -1.62. The number of nitrogens with zero attached hydrogens (tertiary/aromatic N) is 1. The van der Waals surface area contributed by atoms with Gasteiger partial charge in [0.15, 0.2) is 0 Å². The third kappa shape index (κ3) is 3.60. The number of benzene rings is 1. The Morgan fingerprint density at radius 1 is 1.23 bits per heavy atom. The minimum absolute atomic E-state index is 0.0143. The van der Waals surface area contributed by atoms with Gasteiger partial charge in [-0.3, -0.25) is 14.4 Å². The van der Waals surface area contributed by atoms with Crippen LogP contribution in [0.1, 0.15) is 24.5 Å². The molecule has 22 heavy (non-hydrogen) atoms. The molecule has 0 bridgehead atoms. The van der Waals surface area contributed by atoms with Gasteiger partial charge in [0.1, 0.15) is 11.9 Å². The van der Waals surface area contributed by atoms with Gasteiger partial charge in [-0.1, -0.05) is 17.2 Å². The van der Waals surface area contributed by atoms with E-state index in [1.165, 1.54) is 19.2 Å². The van der Waals surface area contributed by atoms with Crippen LogP contribution >= 0.6 is 0 Å². The summed E-state index contributed by atoms with van der Waals surface area (Å²) in [4.78, 5) is 38.7. The number of ether oxygens (including phenoxy) is 2. The van der Waals surface area contributed by atoms with E-state index in [-0.39, 0.29) is 25.2 Å². The molecule has 0 radical (unpaired) electrons. The van der Waals surface area contributed by atoms with Crippen molar-refractivity contribution in [3.8, 4) is 5.75 Å². The van der Waals surface area contributed by atoms with Gasteiger partial charge in [-0.15, -0.1) is 0 Å². The van der Waals surface area contributed by atoms with Crippen molar-refractivity contribution in [2.75, 3.05) is 13.7 Å². The molecule has 8 nitrogen and oxygen atoms in total. The fourth-order valence-corrected chi connectivity index (χ4v) is 1.91. The van der Waals surface area contributed by atoms with Gasteiger partial charge >= 0.3 is 6.16 Å². The number of rotatable bonds is 5. The van der Waals surface area contributed by atoms with Gasteiger partial charge in [0.25, 0.3) is 11.8 Å². The van der Waals surface area contributed by atoms with Crippen LogP contribution in [0.15, 0.2) is 24.3 Å². The van der Waals surface area contributed by atoms with Gasteiger partial charge in [0, 0.05) is 20.0 Å². The molecule has 0 saturated carbocycles. The van der Waals surface area contributed by atoms with E-state index < -0.39 is 24.1 Å². The molecule has 1 aliphatic heterocycles. The average molecular weight is 309 g/mol. The molecule has 1 heterocycles. The molecular formula is C14H15NO7. The summed E-state index contributed by atoms with van der Waals surface area (Å²) >= 11 is 0. The van der Waals surface area contributed by atoms with Crippen LogP contribution < -0.4 is 4.74 Å². The number of amides is 2. The van der Waals surface area contributed by atoms with Gasteiger partial charge in [0.05, 0.1) is 6.61 Å². The Morgan fingerprint density at radius 3 is 2.32 bits per heavy atom. The quantitative estimate of drug-likeness (QED) is 0.490. The van der Waals surface area contributed by atoms with Crippen molar-refractivity contribution in [3.63, 3.8) is 0 Å². The predicted octanol–water partition coefficient (Wildman–Crippen LogP) is 0.946. The van der Waals surface area contributed by atoms with E-state index in [0.717, 1.165) is 0 Å². The molecular weight excluding hydrogens is 294 g/mol. The van der Waals surface area contributed by atoms with Crippen LogP contribution in [0.3, 0.4) is 0 Å². The van der Waals surface area contributed by atoms with Crippen molar-refractivity contribution in [2.45, 2.75) is 18.9 Å². The van der Waals surface area contributed by atoms with E-state index in [0.29, 0.717) is 10.6 Å². The second-order valence-corrected chi connectivity index (χ2v) is 4.50. The Kier molecular flexibility index (Phi) is 5.08. The molecule has 0 spiro atoms. The van der Waals surface area contributed by atoms with Gasteiger partial charge in [-0.2, -0.15) is 0 Å². The zero-order valence-corrected chi connectivity index (χ0v) is 11.9. The van der Waals surface area contributed by atoms with Crippen molar-refractivity contribution in [1.29, 1.82) is 0 Å². The van der Waals surface area contributed by atoms with E-state index in [9.17, 15) is 14.4 Å². The number of methoxy groups -OCH3 is 1. The number of aliphatic hydroxyl groups is 1. The molecule has 0 aliphatic carbocycles. The maximum atomic E-state index is 11.5. The van der Waals surface area contributed by atoms with Crippen LogP contribution in [0.2, 0.25) is 0 Å². The van der Waals surface area contributed by atoms with Crippen molar-refractivity contribution >= 4 is 18.0 Å². The first-order valence-electron chi connectivity index (χ1n) is 6.54. The molecule has 1 fully saturated rings. The largest absolute Gasteiger partial charge is 0.539 e. The minimum Gasteiger partial charge on any atom is -0.393 e. The first kappa shape index (κ1) is 15.9. The smallest absolute Gasteiger partial charge is 0.393 e. The monoisotopic (exact) mass is 309 g/mol. The molecule has 2 rings (SSSR count). The average Bonchev–Trinajstić information content (AvgIpc) is 2.82. The predicted molar refractivity (Wildman–Crippen MR) is 71.5 cm³/mol. The summed E-state index contributed by atoms with van der Waals surface area (Å²) in [5.41, 5.74) is 0.704. The summed E-state index contributed by atoms with van der Waals surface area (Å²) in [7, 11) is 1.47. The van der Waals surface area contributed by atoms with Crippen LogP contribution in [0, 0.1) is 0 Å². The number of imide groups is 1. The van der Waals surface area contributed by atoms with Crippen molar-refractivity contribution < 1.29 is 33.8 Å². The Bertz CT molecular complexity index is 549. The lowest BCUT2D eigenvalue weighted by Gasteiger charge is -2.14. The Balaban J connectivity index is 1.94. The SMILES string of the molecule is COC(CO)c1ccc(OC(=O)ON2C(=O)CCC2=O)cc1. The zero-order valence-electron chi connectivity index (χ0n) is 11.9. The lowest BCUT2D eigenvalue weighted by Crippen LogP contribution is -2.33. The van der Waals surface area contributed by atoms with Gasteiger partial charge in [0.2, 0.25) is 0 Å². The molecule has 1 unspecified atom stereocenters. The Morgan fingerprint density at radius 2 is 1.82 bits per heavy atom. The summed E-state index contributed by atoms with van der Waals surface area (Å²) in [5, 5.41) is 9.51. The lowest BCUT2D eigenvalue weighted by molar-refractivity contribution is -0.174. The van der Waals surface area contributed by atoms with Gasteiger partial charge in [-0.25, -0.2) is 4.79 Å². The van der Waals surface area contributed by atoms with Crippen LogP contribution in [-0.4, -0.2) is 41.9 Å². The van der Waals surface area contributed by atoms with E-state index in [4.69, 9.17) is 14.6 Å². The highest BCUT2D eigenvalue weighted by Gasteiger charge is 2.33.